The average Bonchev–Trinajstić information content (AvgIpc) is 2.74. The molecule has 0 radical (unpaired) electrons. The van der Waals surface area contributed by atoms with Crippen LogP contribution >= 0.6 is 11.6 Å². The normalized spacial score (nSPS) is 11.0. The Morgan fingerprint density at radius 2 is 1.73 bits per heavy atom. The fourth-order valence-electron chi connectivity index (χ4n) is 2.73. The SMILES string of the molecule is COc1ccc(N(CC(=O)Nc2ccccc2F)S(=O)(=O)c2ccccc2)cc1Cl. The lowest BCUT2D eigenvalue weighted by Crippen LogP contribution is -2.38. The van der Waals surface area contributed by atoms with Gasteiger partial charge in [0.05, 0.1) is 28.4 Å². The van der Waals surface area contributed by atoms with Crippen LogP contribution in [0.25, 0.3) is 0 Å². The van der Waals surface area contributed by atoms with Gasteiger partial charge in [-0.15, -0.1) is 0 Å². The molecule has 0 aliphatic heterocycles. The van der Waals surface area contributed by atoms with Crippen LogP contribution in [0.3, 0.4) is 0 Å². The van der Waals surface area contributed by atoms with Crippen molar-refractivity contribution in [2.24, 2.45) is 0 Å². The van der Waals surface area contributed by atoms with Crippen LogP contribution in [0.4, 0.5) is 15.8 Å². The highest BCUT2D eigenvalue weighted by Crippen LogP contribution is 2.32. The number of hydrogen-bond acceptors (Lipinski definition) is 4. The number of sulfonamides is 1. The van der Waals surface area contributed by atoms with Crippen LogP contribution in [0.1, 0.15) is 0 Å². The van der Waals surface area contributed by atoms with Crippen molar-refractivity contribution in [3.8, 4) is 5.75 Å². The lowest BCUT2D eigenvalue weighted by Gasteiger charge is -2.24. The second-order valence-corrected chi connectivity index (χ2v) is 8.44. The van der Waals surface area contributed by atoms with E-state index in [0.717, 1.165) is 4.31 Å². The number of para-hydroxylation sites is 1. The molecule has 30 heavy (non-hydrogen) atoms. The molecule has 1 amide bonds. The van der Waals surface area contributed by atoms with Crippen molar-refractivity contribution in [3.63, 3.8) is 0 Å². The van der Waals surface area contributed by atoms with Crippen LogP contribution in [0, 0.1) is 5.82 Å². The standard InChI is InChI=1S/C21H18ClFN2O4S/c1-29-20-12-11-15(13-17(20)22)25(30(27,28)16-7-3-2-4-8-16)14-21(26)24-19-10-6-5-9-18(19)23/h2-13H,14H2,1H3,(H,24,26). The third-order valence-electron chi connectivity index (χ3n) is 4.19. The highest BCUT2D eigenvalue weighted by Gasteiger charge is 2.28. The van der Waals surface area contributed by atoms with Crippen LogP contribution in [0.2, 0.25) is 5.02 Å². The van der Waals surface area contributed by atoms with E-state index in [4.69, 9.17) is 16.3 Å². The Balaban J connectivity index is 1.98. The minimum atomic E-state index is -4.11. The summed E-state index contributed by atoms with van der Waals surface area (Å²) in [5.74, 6) is -0.990. The molecule has 1 N–H and O–H groups in total. The van der Waals surface area contributed by atoms with Crippen molar-refractivity contribution < 1.29 is 22.3 Å². The zero-order valence-corrected chi connectivity index (χ0v) is 17.5. The van der Waals surface area contributed by atoms with Gasteiger partial charge in [0, 0.05) is 0 Å². The topological polar surface area (TPSA) is 75.7 Å². The van der Waals surface area contributed by atoms with Crippen LogP contribution in [0.15, 0.2) is 77.7 Å². The minimum absolute atomic E-state index is 0.00404. The maximum absolute atomic E-state index is 13.9. The van der Waals surface area contributed by atoms with Crippen molar-refractivity contribution in [3.05, 3.63) is 83.6 Å². The van der Waals surface area contributed by atoms with E-state index in [9.17, 15) is 17.6 Å². The van der Waals surface area contributed by atoms with Crippen molar-refractivity contribution in [1.29, 1.82) is 0 Å². The van der Waals surface area contributed by atoms with Crippen LogP contribution in [-0.2, 0) is 14.8 Å². The molecule has 0 bridgehead atoms. The number of carbonyl (C=O) groups excluding carboxylic acids is 1. The summed E-state index contributed by atoms with van der Waals surface area (Å²) in [6.45, 7) is -0.589. The van der Waals surface area contributed by atoms with Crippen molar-refractivity contribution in [2.45, 2.75) is 4.90 Å². The van der Waals surface area contributed by atoms with E-state index in [-0.39, 0.29) is 21.3 Å². The summed E-state index contributed by atoms with van der Waals surface area (Å²) in [7, 11) is -2.68. The summed E-state index contributed by atoms with van der Waals surface area (Å²) in [6.07, 6.45) is 0. The van der Waals surface area contributed by atoms with E-state index in [1.807, 2.05) is 0 Å². The van der Waals surface area contributed by atoms with Crippen molar-refractivity contribution in [2.75, 3.05) is 23.3 Å². The molecule has 9 heteroatoms. The Morgan fingerprint density at radius 1 is 1.07 bits per heavy atom. The molecule has 0 unspecified atom stereocenters. The summed E-state index contributed by atoms with van der Waals surface area (Å²) in [6, 6.07) is 17.6. The average molecular weight is 449 g/mol. The van der Waals surface area contributed by atoms with Gasteiger partial charge in [0.25, 0.3) is 10.0 Å². The predicted octanol–water partition coefficient (Wildman–Crippen LogP) is 4.32. The fourth-order valence-corrected chi connectivity index (χ4v) is 4.41. The molecule has 0 aromatic heterocycles. The number of halogens is 2. The second-order valence-electron chi connectivity index (χ2n) is 6.17. The third-order valence-corrected chi connectivity index (χ3v) is 6.27. The summed E-state index contributed by atoms with van der Waals surface area (Å²) < 4.78 is 46.4. The number of benzene rings is 3. The van der Waals surface area contributed by atoms with Crippen LogP contribution in [-0.4, -0.2) is 28.0 Å². The molecule has 0 saturated heterocycles. The number of carbonyl (C=O) groups is 1. The molecule has 0 spiro atoms. The van der Waals surface area contributed by atoms with E-state index < -0.39 is 28.3 Å². The van der Waals surface area contributed by atoms with E-state index in [1.54, 1.807) is 24.3 Å². The van der Waals surface area contributed by atoms with Gasteiger partial charge in [-0.3, -0.25) is 9.10 Å². The number of rotatable bonds is 7. The predicted molar refractivity (Wildman–Crippen MR) is 114 cm³/mol. The lowest BCUT2D eigenvalue weighted by atomic mass is 10.3. The van der Waals surface area contributed by atoms with Gasteiger partial charge >= 0.3 is 0 Å². The molecule has 3 aromatic rings. The maximum atomic E-state index is 13.9. The molecular weight excluding hydrogens is 431 g/mol. The number of anilines is 2. The Bertz CT molecular complexity index is 1160. The molecule has 0 aliphatic carbocycles. The van der Waals surface area contributed by atoms with E-state index in [2.05, 4.69) is 5.32 Å². The second kappa shape index (κ2) is 9.15. The quantitative estimate of drug-likeness (QED) is 0.584. The van der Waals surface area contributed by atoms with Gasteiger partial charge in [-0.25, -0.2) is 12.8 Å². The van der Waals surface area contributed by atoms with Gasteiger partial charge in [0.15, 0.2) is 0 Å². The Kier molecular flexibility index (Phi) is 6.59. The Hall–Kier alpha value is -3.10. The van der Waals surface area contributed by atoms with Crippen molar-refractivity contribution in [1.82, 2.24) is 0 Å². The molecule has 0 aliphatic rings. The maximum Gasteiger partial charge on any atom is 0.264 e. The minimum Gasteiger partial charge on any atom is -0.495 e. The molecule has 0 heterocycles. The largest absolute Gasteiger partial charge is 0.495 e. The zero-order chi connectivity index (χ0) is 21.7. The van der Waals surface area contributed by atoms with Gasteiger partial charge in [-0.05, 0) is 42.5 Å². The number of amides is 1. The summed E-state index contributed by atoms with van der Waals surface area (Å²) in [5.41, 5.74) is 0.112. The molecule has 3 aromatic carbocycles. The smallest absolute Gasteiger partial charge is 0.264 e. The molecule has 0 fully saturated rings. The van der Waals surface area contributed by atoms with Gasteiger partial charge in [-0.2, -0.15) is 0 Å². The first-order valence-corrected chi connectivity index (χ1v) is 10.6. The molecule has 3 rings (SSSR count). The van der Waals surface area contributed by atoms with Crippen LogP contribution < -0.4 is 14.4 Å². The summed E-state index contributed by atoms with van der Waals surface area (Å²) >= 11 is 6.16. The first-order chi connectivity index (χ1) is 14.3. The highest BCUT2D eigenvalue weighted by molar-refractivity contribution is 7.92. The Labute approximate surface area is 178 Å². The van der Waals surface area contributed by atoms with Crippen molar-refractivity contribution >= 4 is 38.9 Å². The highest BCUT2D eigenvalue weighted by atomic mass is 35.5. The van der Waals surface area contributed by atoms with Gasteiger partial charge in [0.1, 0.15) is 18.1 Å². The molecule has 0 saturated carbocycles. The van der Waals surface area contributed by atoms with E-state index >= 15 is 0 Å². The van der Waals surface area contributed by atoms with Gasteiger partial charge < -0.3 is 10.1 Å². The number of nitrogens with zero attached hydrogens (tertiary/aromatic N) is 1. The van der Waals surface area contributed by atoms with Gasteiger partial charge in [-0.1, -0.05) is 41.9 Å². The zero-order valence-electron chi connectivity index (χ0n) is 15.9. The van der Waals surface area contributed by atoms with Crippen LogP contribution in [0.5, 0.6) is 5.75 Å². The monoisotopic (exact) mass is 448 g/mol. The number of nitrogens with one attached hydrogen (secondary N) is 1. The number of methoxy groups -OCH3 is 1. The summed E-state index contributed by atoms with van der Waals surface area (Å²) in [4.78, 5) is 12.6. The molecule has 156 valence electrons. The molecule has 0 atom stereocenters. The first kappa shape index (κ1) is 21.6. The third kappa shape index (κ3) is 4.72. The van der Waals surface area contributed by atoms with Gasteiger partial charge in [0.2, 0.25) is 5.91 Å². The molecule has 6 nitrogen and oxygen atoms in total. The summed E-state index contributed by atoms with van der Waals surface area (Å²) in [5, 5.41) is 2.57. The lowest BCUT2D eigenvalue weighted by molar-refractivity contribution is -0.114. The fraction of sp³-hybridized carbons (Fsp3) is 0.0952. The Morgan fingerprint density at radius 3 is 2.37 bits per heavy atom. The number of ether oxygens (including phenoxy) is 1. The first-order valence-electron chi connectivity index (χ1n) is 8.78. The number of hydrogen-bond donors (Lipinski definition) is 1. The van der Waals surface area contributed by atoms with E-state index in [0.29, 0.717) is 5.75 Å². The molecular formula is C21H18ClFN2O4S. The van der Waals surface area contributed by atoms with E-state index in [1.165, 1.54) is 55.6 Å².